The minimum absolute atomic E-state index is 0.0745. The summed E-state index contributed by atoms with van der Waals surface area (Å²) in [5, 5.41) is 21.7. The van der Waals surface area contributed by atoms with E-state index in [4.69, 9.17) is 56.8 Å². The normalized spacial score (nSPS) is 10.8. The fourth-order valence-electron chi connectivity index (χ4n) is 4.48. The van der Waals surface area contributed by atoms with Crippen molar-refractivity contribution in [3.05, 3.63) is 11.1 Å². The van der Waals surface area contributed by atoms with Gasteiger partial charge in [-0.1, -0.05) is 6.42 Å². The van der Waals surface area contributed by atoms with Gasteiger partial charge in [0.2, 0.25) is 34.5 Å². The van der Waals surface area contributed by atoms with Crippen molar-refractivity contribution >= 4 is 0 Å². The topological polar surface area (TPSA) is 151 Å². The number of phenols is 2. The number of methoxy groups -OCH3 is 8. The van der Waals surface area contributed by atoms with Crippen LogP contribution in [0.1, 0.15) is 30.4 Å². The first-order valence-corrected chi connectivity index (χ1v) is 13.4. The lowest BCUT2D eigenvalue weighted by Crippen LogP contribution is -2.09. The van der Waals surface area contributed by atoms with Gasteiger partial charge in [-0.25, -0.2) is 0 Å². The maximum atomic E-state index is 10.9. The molecule has 0 aromatic heterocycles. The van der Waals surface area contributed by atoms with Crippen LogP contribution in [-0.2, 0) is 31.8 Å². The molecule has 0 heterocycles. The minimum atomic E-state index is -0.283. The molecule has 2 aromatic carbocycles. The molecule has 2 aromatic rings. The zero-order valence-electron chi connectivity index (χ0n) is 26.2. The molecule has 0 saturated carbocycles. The van der Waals surface area contributed by atoms with Crippen LogP contribution >= 0.6 is 0 Å². The Kier molecular flexibility index (Phi) is 15.5. The van der Waals surface area contributed by atoms with Crippen molar-refractivity contribution in [2.75, 3.05) is 84.1 Å². The Balaban J connectivity index is 2.39. The Morgan fingerprint density at radius 3 is 0.953 bits per heavy atom. The number of rotatable bonds is 22. The smallest absolute Gasteiger partial charge is 0.210 e. The number of hydrogen-bond acceptors (Lipinski definition) is 14. The van der Waals surface area contributed by atoms with Crippen LogP contribution in [0.2, 0.25) is 0 Å². The lowest BCUT2D eigenvalue weighted by Gasteiger charge is -2.22. The molecule has 2 rings (SSSR count). The molecule has 14 nitrogen and oxygen atoms in total. The number of hydrogen-bond donors (Lipinski definition) is 2. The number of unbranched alkanes of at least 4 members (excludes halogenated alkanes) is 2. The van der Waals surface area contributed by atoms with E-state index < -0.39 is 0 Å². The predicted molar refractivity (Wildman–Crippen MR) is 154 cm³/mol. The van der Waals surface area contributed by atoms with Gasteiger partial charge in [-0.15, -0.1) is 0 Å². The van der Waals surface area contributed by atoms with E-state index in [9.17, 15) is 10.2 Å². The lowest BCUT2D eigenvalue weighted by atomic mass is 9.99. The average molecular weight is 617 g/mol. The minimum Gasteiger partial charge on any atom is -0.501 e. The Hall–Kier alpha value is -3.72. The summed E-state index contributed by atoms with van der Waals surface area (Å²) >= 11 is 0. The zero-order valence-corrected chi connectivity index (χ0v) is 26.2. The molecule has 0 aliphatic heterocycles. The van der Waals surface area contributed by atoms with Crippen LogP contribution in [0.5, 0.6) is 57.5 Å². The lowest BCUT2D eigenvalue weighted by molar-refractivity contribution is 0.0424. The molecule has 0 unspecified atom stereocenters. The van der Waals surface area contributed by atoms with E-state index in [1.54, 1.807) is 0 Å². The molecule has 0 fully saturated rings. The zero-order chi connectivity index (χ0) is 31.8. The van der Waals surface area contributed by atoms with Crippen molar-refractivity contribution in [1.29, 1.82) is 0 Å². The molecule has 0 aliphatic carbocycles. The molecule has 0 atom stereocenters. The van der Waals surface area contributed by atoms with E-state index in [-0.39, 0.29) is 73.2 Å². The summed E-state index contributed by atoms with van der Waals surface area (Å²) in [5.41, 5.74) is 1.26. The Labute approximate surface area is 252 Å². The molecule has 2 N–H and O–H groups in total. The van der Waals surface area contributed by atoms with E-state index in [1.807, 2.05) is 0 Å². The molecular formula is C29H44O14. The first-order valence-electron chi connectivity index (χ1n) is 13.4. The number of ether oxygens (including phenoxy) is 12. The standard InChI is InChI=1S/C29H44O14/c1-32-14-40-24-18(22(36-5)28(42-16-34-3)20(30)26(24)38-7)12-10-9-11-13-19-23(37-6)29(43-17-35-4)21(31)27(39-8)25(19)41-15-33-2/h30-31H,9-17H2,1-8H3. The van der Waals surface area contributed by atoms with Crippen LogP contribution in [0.4, 0.5) is 0 Å². The molecule has 0 bridgehead atoms. The SMILES string of the molecule is COCOc1c(O)c(OC)c(OCOC)c(CCCCCc2c(OC)c(OCOC)c(O)c(OC)c2OCOC)c1OC. The van der Waals surface area contributed by atoms with Gasteiger partial charge < -0.3 is 67.1 Å². The summed E-state index contributed by atoms with van der Waals surface area (Å²) in [7, 11) is 11.7. The highest BCUT2D eigenvalue weighted by Gasteiger charge is 2.30. The summed E-state index contributed by atoms with van der Waals surface area (Å²) in [5.74, 6) is 0.905. The second kappa shape index (κ2) is 18.7. The third-order valence-electron chi connectivity index (χ3n) is 6.24. The summed E-state index contributed by atoms with van der Waals surface area (Å²) in [6, 6.07) is 0. The highest BCUT2D eigenvalue weighted by Crippen LogP contribution is 2.55. The Morgan fingerprint density at radius 2 is 0.674 bits per heavy atom. The third kappa shape index (κ3) is 8.66. The first kappa shape index (κ1) is 35.5. The van der Waals surface area contributed by atoms with E-state index in [0.717, 1.165) is 6.42 Å². The fraction of sp³-hybridized carbons (Fsp3) is 0.586. The summed E-state index contributed by atoms with van der Waals surface area (Å²) in [4.78, 5) is 0. The van der Waals surface area contributed by atoms with Crippen LogP contribution in [0.15, 0.2) is 0 Å². The quantitative estimate of drug-likeness (QED) is 0.145. The van der Waals surface area contributed by atoms with Gasteiger partial charge in [-0.3, -0.25) is 0 Å². The Morgan fingerprint density at radius 1 is 0.372 bits per heavy atom. The molecule has 0 amide bonds. The van der Waals surface area contributed by atoms with Crippen molar-refractivity contribution in [3.8, 4) is 57.5 Å². The first-order chi connectivity index (χ1) is 20.9. The molecule has 0 spiro atoms. The van der Waals surface area contributed by atoms with E-state index in [0.29, 0.717) is 48.3 Å². The summed E-state index contributed by atoms with van der Waals surface area (Å²) in [6.07, 6.45) is 3.04. The van der Waals surface area contributed by atoms with Crippen molar-refractivity contribution in [2.24, 2.45) is 0 Å². The Bertz CT molecular complexity index is 1050. The van der Waals surface area contributed by atoms with Gasteiger partial charge in [-0.05, 0) is 25.7 Å². The predicted octanol–water partition coefficient (Wildman–Crippen LogP) is 4.02. The van der Waals surface area contributed by atoms with Crippen LogP contribution < -0.4 is 37.9 Å². The molecule has 244 valence electrons. The van der Waals surface area contributed by atoms with Crippen LogP contribution in [-0.4, -0.2) is 94.3 Å². The number of phenolic OH excluding ortho intramolecular Hbond substituents is 2. The van der Waals surface area contributed by atoms with Crippen molar-refractivity contribution in [2.45, 2.75) is 32.1 Å². The molecular weight excluding hydrogens is 572 g/mol. The van der Waals surface area contributed by atoms with Crippen LogP contribution in [0.3, 0.4) is 0 Å². The molecule has 14 heteroatoms. The highest BCUT2D eigenvalue weighted by atomic mass is 16.7. The van der Waals surface area contributed by atoms with Gasteiger partial charge in [0, 0.05) is 39.6 Å². The largest absolute Gasteiger partial charge is 0.501 e. The van der Waals surface area contributed by atoms with Gasteiger partial charge in [-0.2, -0.15) is 0 Å². The van der Waals surface area contributed by atoms with E-state index >= 15 is 0 Å². The van der Waals surface area contributed by atoms with Crippen molar-refractivity contribution in [1.82, 2.24) is 0 Å². The second-order valence-corrected chi connectivity index (χ2v) is 8.87. The van der Waals surface area contributed by atoms with Gasteiger partial charge in [0.15, 0.2) is 50.2 Å². The van der Waals surface area contributed by atoms with Crippen LogP contribution in [0.25, 0.3) is 0 Å². The highest BCUT2D eigenvalue weighted by molar-refractivity contribution is 5.70. The second-order valence-electron chi connectivity index (χ2n) is 8.87. The third-order valence-corrected chi connectivity index (χ3v) is 6.24. The average Bonchev–Trinajstić information content (AvgIpc) is 3.01. The molecule has 0 saturated heterocycles. The summed E-state index contributed by atoms with van der Waals surface area (Å²) < 4.78 is 65.3. The van der Waals surface area contributed by atoms with Crippen LogP contribution in [0, 0.1) is 0 Å². The van der Waals surface area contributed by atoms with Gasteiger partial charge >= 0.3 is 0 Å². The molecule has 0 aliphatic rings. The molecule has 0 radical (unpaired) electrons. The maximum Gasteiger partial charge on any atom is 0.210 e. The van der Waals surface area contributed by atoms with Gasteiger partial charge in [0.1, 0.15) is 0 Å². The summed E-state index contributed by atoms with van der Waals surface area (Å²) in [6.45, 7) is -0.395. The van der Waals surface area contributed by atoms with Gasteiger partial charge in [0.05, 0.1) is 28.4 Å². The molecule has 43 heavy (non-hydrogen) atoms. The van der Waals surface area contributed by atoms with Crippen molar-refractivity contribution < 1.29 is 67.1 Å². The monoisotopic (exact) mass is 616 g/mol. The maximum absolute atomic E-state index is 10.9. The number of aromatic hydroxyl groups is 2. The van der Waals surface area contributed by atoms with Gasteiger partial charge in [0.25, 0.3) is 0 Å². The van der Waals surface area contributed by atoms with E-state index in [1.165, 1.54) is 56.9 Å². The van der Waals surface area contributed by atoms with E-state index in [2.05, 4.69) is 0 Å². The number of benzene rings is 2. The van der Waals surface area contributed by atoms with Crippen molar-refractivity contribution in [3.63, 3.8) is 0 Å². The fourth-order valence-corrected chi connectivity index (χ4v) is 4.48.